The van der Waals surface area contributed by atoms with E-state index in [4.69, 9.17) is 4.74 Å². The first kappa shape index (κ1) is 14.6. The number of nitrogens with zero attached hydrogens (tertiary/aromatic N) is 1. The Kier molecular flexibility index (Phi) is 4.79. The molecule has 1 saturated carbocycles. The number of likely N-dealkylation sites (tertiary alicyclic amines) is 1. The second kappa shape index (κ2) is 6.59. The Balaban J connectivity index is 1.41. The monoisotopic (exact) mass is 278 g/mol. The van der Waals surface area contributed by atoms with Crippen LogP contribution >= 0.6 is 0 Å². The molecule has 3 rings (SSSR count). The van der Waals surface area contributed by atoms with Crippen LogP contribution in [-0.4, -0.2) is 49.3 Å². The molecule has 114 valence electrons. The Labute approximate surface area is 123 Å². The van der Waals surface area contributed by atoms with Crippen molar-refractivity contribution in [3.05, 3.63) is 11.6 Å². The van der Waals surface area contributed by atoms with Crippen LogP contribution in [0, 0.1) is 5.92 Å². The topological polar surface area (TPSA) is 24.5 Å². The van der Waals surface area contributed by atoms with Crippen LogP contribution in [0.4, 0.5) is 0 Å². The highest BCUT2D eigenvalue weighted by atomic mass is 16.5. The number of ether oxygens (including phenoxy) is 1. The zero-order valence-corrected chi connectivity index (χ0v) is 13.1. The average molecular weight is 278 g/mol. The van der Waals surface area contributed by atoms with Crippen LogP contribution in [0.15, 0.2) is 11.6 Å². The summed E-state index contributed by atoms with van der Waals surface area (Å²) >= 11 is 0. The number of allylic oxidation sites excluding steroid dienone is 1. The summed E-state index contributed by atoms with van der Waals surface area (Å²) in [4.78, 5) is 2.58. The Morgan fingerprint density at radius 1 is 1.15 bits per heavy atom. The average Bonchev–Trinajstić information content (AvgIpc) is 3.18. The van der Waals surface area contributed by atoms with Gasteiger partial charge < -0.3 is 10.1 Å². The predicted molar refractivity (Wildman–Crippen MR) is 82.9 cm³/mol. The molecule has 2 atom stereocenters. The molecular weight excluding hydrogens is 248 g/mol. The molecule has 3 nitrogen and oxygen atoms in total. The lowest BCUT2D eigenvalue weighted by molar-refractivity contribution is 0.0759. The number of hydrogen-bond acceptors (Lipinski definition) is 3. The maximum atomic E-state index is 5.94. The quantitative estimate of drug-likeness (QED) is 0.782. The molecule has 0 bridgehead atoms. The number of rotatable bonds is 5. The molecule has 0 radical (unpaired) electrons. The molecule has 1 N–H and O–H groups in total. The number of piperidine rings is 1. The minimum atomic E-state index is 0.527. The molecule has 3 heteroatoms. The SMILES string of the molecule is CC(C)=CCN1CCC(NC2CCOC2C2CC2)CC1. The van der Waals surface area contributed by atoms with Gasteiger partial charge in [-0.1, -0.05) is 11.6 Å². The van der Waals surface area contributed by atoms with Gasteiger partial charge in [0.1, 0.15) is 0 Å². The lowest BCUT2D eigenvalue weighted by Gasteiger charge is -2.34. The van der Waals surface area contributed by atoms with E-state index in [1.165, 1.54) is 50.8 Å². The highest BCUT2D eigenvalue weighted by molar-refractivity contribution is 4.97. The van der Waals surface area contributed by atoms with E-state index >= 15 is 0 Å². The Morgan fingerprint density at radius 2 is 1.90 bits per heavy atom. The summed E-state index contributed by atoms with van der Waals surface area (Å²) < 4.78 is 5.94. The third kappa shape index (κ3) is 3.84. The van der Waals surface area contributed by atoms with Gasteiger partial charge in [0, 0.05) is 25.2 Å². The van der Waals surface area contributed by atoms with Crippen LogP contribution in [0.25, 0.3) is 0 Å². The molecule has 0 aromatic carbocycles. The van der Waals surface area contributed by atoms with Crippen LogP contribution in [0.2, 0.25) is 0 Å². The van der Waals surface area contributed by atoms with Crippen LogP contribution in [0.1, 0.15) is 46.0 Å². The normalized spacial score (nSPS) is 32.5. The van der Waals surface area contributed by atoms with Gasteiger partial charge in [0.05, 0.1) is 6.10 Å². The minimum Gasteiger partial charge on any atom is -0.376 e. The summed E-state index contributed by atoms with van der Waals surface area (Å²) in [6.07, 6.45) is 9.47. The summed E-state index contributed by atoms with van der Waals surface area (Å²) in [6.45, 7) is 8.95. The molecular formula is C17H30N2O. The first-order valence-electron chi connectivity index (χ1n) is 8.46. The summed E-state index contributed by atoms with van der Waals surface area (Å²) in [5.41, 5.74) is 1.43. The number of nitrogens with one attached hydrogen (secondary N) is 1. The van der Waals surface area contributed by atoms with Gasteiger partial charge in [-0.25, -0.2) is 0 Å². The molecule has 2 aliphatic heterocycles. The van der Waals surface area contributed by atoms with Gasteiger partial charge in [-0.2, -0.15) is 0 Å². The van der Waals surface area contributed by atoms with Crippen molar-refractivity contribution in [1.82, 2.24) is 10.2 Å². The molecule has 20 heavy (non-hydrogen) atoms. The number of hydrogen-bond donors (Lipinski definition) is 1. The van der Waals surface area contributed by atoms with Crippen molar-refractivity contribution in [2.75, 3.05) is 26.2 Å². The van der Waals surface area contributed by atoms with Gasteiger partial charge in [-0.3, -0.25) is 4.90 Å². The molecule has 3 fully saturated rings. The van der Waals surface area contributed by atoms with Crippen molar-refractivity contribution in [3.8, 4) is 0 Å². The lowest BCUT2D eigenvalue weighted by Crippen LogP contribution is -2.49. The first-order chi connectivity index (χ1) is 9.72. The summed E-state index contributed by atoms with van der Waals surface area (Å²) in [6, 6.07) is 1.35. The Hall–Kier alpha value is -0.380. The van der Waals surface area contributed by atoms with E-state index in [1.54, 1.807) is 0 Å². The second-order valence-corrected chi connectivity index (χ2v) is 7.09. The van der Waals surface area contributed by atoms with Crippen molar-refractivity contribution in [1.29, 1.82) is 0 Å². The Bertz CT molecular complexity index is 339. The highest BCUT2D eigenvalue weighted by Gasteiger charge is 2.41. The third-order valence-electron chi connectivity index (χ3n) is 5.02. The highest BCUT2D eigenvalue weighted by Crippen LogP contribution is 2.39. The van der Waals surface area contributed by atoms with Crippen molar-refractivity contribution >= 4 is 0 Å². The Morgan fingerprint density at radius 3 is 2.55 bits per heavy atom. The molecule has 2 unspecified atom stereocenters. The molecule has 3 aliphatic rings. The van der Waals surface area contributed by atoms with Crippen LogP contribution in [0.3, 0.4) is 0 Å². The maximum absolute atomic E-state index is 5.94. The van der Waals surface area contributed by atoms with E-state index in [-0.39, 0.29) is 0 Å². The van der Waals surface area contributed by atoms with Crippen LogP contribution in [0.5, 0.6) is 0 Å². The van der Waals surface area contributed by atoms with Gasteiger partial charge in [0.25, 0.3) is 0 Å². The first-order valence-corrected chi connectivity index (χ1v) is 8.46. The molecule has 0 aromatic heterocycles. The van der Waals surface area contributed by atoms with Crippen molar-refractivity contribution < 1.29 is 4.74 Å². The van der Waals surface area contributed by atoms with Gasteiger partial charge in [-0.15, -0.1) is 0 Å². The molecule has 0 aromatic rings. The third-order valence-corrected chi connectivity index (χ3v) is 5.02. The minimum absolute atomic E-state index is 0.527. The molecule has 1 aliphatic carbocycles. The standard InChI is InChI=1S/C17H30N2O/c1-13(2)5-9-19-10-6-15(7-11-19)18-16-8-12-20-17(16)14-3-4-14/h5,14-18H,3-4,6-12H2,1-2H3. The van der Waals surface area contributed by atoms with E-state index in [0.29, 0.717) is 18.2 Å². The second-order valence-electron chi connectivity index (χ2n) is 7.09. The van der Waals surface area contributed by atoms with Gasteiger partial charge in [-0.05, 0) is 65.0 Å². The largest absolute Gasteiger partial charge is 0.376 e. The summed E-state index contributed by atoms with van der Waals surface area (Å²) in [7, 11) is 0. The lowest BCUT2D eigenvalue weighted by atomic mass is 10.00. The van der Waals surface area contributed by atoms with Crippen molar-refractivity contribution in [2.24, 2.45) is 5.92 Å². The fourth-order valence-electron chi connectivity index (χ4n) is 3.58. The molecule has 2 saturated heterocycles. The zero-order valence-electron chi connectivity index (χ0n) is 13.1. The van der Waals surface area contributed by atoms with Gasteiger partial charge in [0.2, 0.25) is 0 Å². The van der Waals surface area contributed by atoms with Crippen LogP contribution < -0.4 is 5.32 Å². The van der Waals surface area contributed by atoms with E-state index in [1.807, 2.05) is 0 Å². The predicted octanol–water partition coefficient (Wildman–Crippen LogP) is 2.57. The zero-order chi connectivity index (χ0) is 13.9. The molecule has 0 spiro atoms. The van der Waals surface area contributed by atoms with E-state index < -0.39 is 0 Å². The molecule has 2 heterocycles. The smallest absolute Gasteiger partial charge is 0.0757 e. The molecule has 0 amide bonds. The van der Waals surface area contributed by atoms with E-state index in [2.05, 4.69) is 30.1 Å². The van der Waals surface area contributed by atoms with E-state index in [9.17, 15) is 0 Å². The van der Waals surface area contributed by atoms with E-state index in [0.717, 1.165) is 19.1 Å². The van der Waals surface area contributed by atoms with Crippen molar-refractivity contribution in [3.63, 3.8) is 0 Å². The van der Waals surface area contributed by atoms with Crippen molar-refractivity contribution in [2.45, 2.75) is 64.1 Å². The maximum Gasteiger partial charge on any atom is 0.0757 e. The van der Waals surface area contributed by atoms with Crippen LogP contribution in [-0.2, 0) is 4.74 Å². The fraction of sp³-hybridized carbons (Fsp3) is 0.882. The van der Waals surface area contributed by atoms with Gasteiger partial charge >= 0.3 is 0 Å². The summed E-state index contributed by atoms with van der Waals surface area (Å²) in [5.74, 6) is 0.868. The van der Waals surface area contributed by atoms with Gasteiger partial charge in [0.15, 0.2) is 0 Å². The summed E-state index contributed by atoms with van der Waals surface area (Å²) in [5, 5.41) is 3.91. The fourth-order valence-corrected chi connectivity index (χ4v) is 3.58.